The van der Waals surface area contributed by atoms with Crippen molar-refractivity contribution in [3.05, 3.63) is 64.6 Å². The largest absolute Gasteiger partial charge is 0.477 e. The van der Waals surface area contributed by atoms with Crippen LogP contribution in [0.3, 0.4) is 0 Å². The number of aryl methyl sites for hydroxylation is 2. The summed E-state index contributed by atoms with van der Waals surface area (Å²) in [5, 5.41) is 10.4. The quantitative estimate of drug-likeness (QED) is 0.687. The number of fused-ring (bicyclic) bond motifs is 1. The first-order valence-corrected chi connectivity index (χ1v) is 8.65. The molecule has 3 aromatic rings. The zero-order valence-corrected chi connectivity index (χ0v) is 15.0. The minimum absolute atomic E-state index is 0.0401. The van der Waals surface area contributed by atoms with Gasteiger partial charge in [0, 0.05) is 36.3 Å². The molecule has 0 aliphatic heterocycles. The van der Waals surface area contributed by atoms with Crippen LogP contribution in [0.2, 0.25) is 0 Å². The zero-order chi connectivity index (χ0) is 19.8. The molecule has 142 valence electrons. The van der Waals surface area contributed by atoms with E-state index in [1.165, 1.54) is 4.57 Å². The number of alkyl halides is 3. The number of carboxylic acids is 1. The summed E-state index contributed by atoms with van der Waals surface area (Å²) in [6, 6.07) is 5.73. The fraction of sp³-hybridized carbons (Fsp3) is 0.300. The number of pyridine rings is 1. The number of halogens is 3. The second-order valence-corrected chi connectivity index (χ2v) is 6.29. The van der Waals surface area contributed by atoms with Crippen molar-refractivity contribution < 1.29 is 23.1 Å². The first kappa shape index (κ1) is 18.9. The van der Waals surface area contributed by atoms with Crippen LogP contribution >= 0.6 is 0 Å². The first-order valence-electron chi connectivity index (χ1n) is 8.65. The molecular weight excluding hydrogens is 357 g/mol. The Morgan fingerprint density at radius 1 is 1.19 bits per heavy atom. The Labute approximate surface area is 154 Å². The number of carbonyl (C=O) groups is 1. The molecule has 0 saturated carbocycles. The molecule has 2 heterocycles. The molecule has 3 rings (SSSR count). The minimum atomic E-state index is -4.49. The van der Waals surface area contributed by atoms with Crippen molar-refractivity contribution >= 4 is 16.9 Å². The maximum atomic E-state index is 13.3. The molecule has 1 aromatic carbocycles. The molecule has 0 unspecified atom stereocenters. The van der Waals surface area contributed by atoms with Gasteiger partial charge >= 0.3 is 12.1 Å². The van der Waals surface area contributed by atoms with Crippen molar-refractivity contribution in [3.8, 4) is 0 Å². The SMILES string of the molecule is CCc1cc(C(F)(F)F)cc2c1c(Cc1ccncc1)c(C(=O)O)n2CC. The number of nitrogens with zero attached hydrogens (tertiary/aromatic N) is 2. The molecule has 0 atom stereocenters. The Balaban J connectivity index is 2.38. The van der Waals surface area contributed by atoms with Crippen LogP contribution in [0.4, 0.5) is 13.2 Å². The monoisotopic (exact) mass is 376 g/mol. The molecule has 0 amide bonds. The van der Waals surface area contributed by atoms with Gasteiger partial charge in [-0.3, -0.25) is 4.98 Å². The zero-order valence-electron chi connectivity index (χ0n) is 15.0. The molecule has 1 N–H and O–H groups in total. The number of hydrogen-bond donors (Lipinski definition) is 1. The maximum absolute atomic E-state index is 13.3. The van der Waals surface area contributed by atoms with Crippen molar-refractivity contribution in [2.75, 3.05) is 0 Å². The van der Waals surface area contributed by atoms with E-state index in [1.54, 1.807) is 38.4 Å². The Morgan fingerprint density at radius 3 is 2.37 bits per heavy atom. The first-order chi connectivity index (χ1) is 12.8. The smallest absolute Gasteiger partial charge is 0.416 e. The third kappa shape index (κ3) is 3.41. The van der Waals surface area contributed by atoms with Gasteiger partial charge in [0.25, 0.3) is 0 Å². The Kier molecular flexibility index (Phi) is 4.95. The number of carboxylic acid groups (broad SMARTS) is 1. The van der Waals surface area contributed by atoms with Crippen molar-refractivity contribution in [2.24, 2.45) is 0 Å². The summed E-state index contributed by atoms with van der Waals surface area (Å²) >= 11 is 0. The summed E-state index contributed by atoms with van der Waals surface area (Å²) in [7, 11) is 0. The molecule has 7 heteroatoms. The molecule has 4 nitrogen and oxygen atoms in total. The van der Waals surface area contributed by atoms with E-state index in [0.29, 0.717) is 34.9 Å². The van der Waals surface area contributed by atoms with Crippen molar-refractivity contribution in [1.82, 2.24) is 9.55 Å². The summed E-state index contributed by atoms with van der Waals surface area (Å²) in [5.41, 5.74) is 1.48. The van der Waals surface area contributed by atoms with E-state index in [-0.39, 0.29) is 12.2 Å². The van der Waals surface area contributed by atoms with E-state index in [9.17, 15) is 23.1 Å². The fourth-order valence-corrected chi connectivity index (χ4v) is 3.54. The molecule has 0 aliphatic rings. The van der Waals surface area contributed by atoms with Crippen LogP contribution in [-0.4, -0.2) is 20.6 Å². The van der Waals surface area contributed by atoms with Crippen LogP contribution in [-0.2, 0) is 25.6 Å². The topological polar surface area (TPSA) is 55.1 Å². The average Bonchev–Trinajstić information content (AvgIpc) is 2.94. The number of benzene rings is 1. The Bertz CT molecular complexity index is 992. The molecule has 0 saturated heterocycles. The highest BCUT2D eigenvalue weighted by molar-refractivity contribution is 6.00. The second kappa shape index (κ2) is 7.06. The molecule has 0 bridgehead atoms. The third-order valence-corrected chi connectivity index (χ3v) is 4.70. The summed E-state index contributed by atoms with van der Waals surface area (Å²) in [4.78, 5) is 15.9. The van der Waals surface area contributed by atoms with Gasteiger partial charge in [0.2, 0.25) is 0 Å². The van der Waals surface area contributed by atoms with Gasteiger partial charge in [-0.2, -0.15) is 13.2 Å². The lowest BCUT2D eigenvalue weighted by atomic mass is 9.96. The van der Waals surface area contributed by atoms with Gasteiger partial charge in [-0.25, -0.2) is 4.79 Å². The van der Waals surface area contributed by atoms with E-state index < -0.39 is 17.7 Å². The van der Waals surface area contributed by atoms with Crippen LogP contribution < -0.4 is 0 Å². The van der Waals surface area contributed by atoms with E-state index in [4.69, 9.17) is 0 Å². The lowest BCUT2D eigenvalue weighted by Gasteiger charge is -2.12. The minimum Gasteiger partial charge on any atom is -0.477 e. The molecular formula is C20H19F3N2O2. The van der Waals surface area contributed by atoms with Gasteiger partial charge in [-0.1, -0.05) is 6.92 Å². The van der Waals surface area contributed by atoms with Gasteiger partial charge in [0.15, 0.2) is 0 Å². The van der Waals surface area contributed by atoms with Crippen molar-refractivity contribution in [1.29, 1.82) is 0 Å². The summed E-state index contributed by atoms with van der Waals surface area (Å²) in [6.07, 6.45) is -0.591. The van der Waals surface area contributed by atoms with E-state index >= 15 is 0 Å². The summed E-state index contributed by atoms with van der Waals surface area (Å²) in [6.45, 7) is 3.77. The number of hydrogen-bond acceptors (Lipinski definition) is 2. The Hall–Kier alpha value is -2.83. The lowest BCUT2D eigenvalue weighted by molar-refractivity contribution is -0.137. The fourth-order valence-electron chi connectivity index (χ4n) is 3.54. The Morgan fingerprint density at radius 2 is 1.85 bits per heavy atom. The third-order valence-electron chi connectivity index (χ3n) is 4.70. The highest BCUT2D eigenvalue weighted by atomic mass is 19.4. The van der Waals surface area contributed by atoms with Gasteiger partial charge in [0.05, 0.1) is 5.56 Å². The summed E-state index contributed by atoms with van der Waals surface area (Å²) < 4.78 is 41.5. The number of rotatable bonds is 5. The van der Waals surface area contributed by atoms with Gasteiger partial charge < -0.3 is 9.67 Å². The van der Waals surface area contributed by atoms with Crippen LogP contribution in [0.15, 0.2) is 36.7 Å². The van der Waals surface area contributed by atoms with Gasteiger partial charge in [0.1, 0.15) is 5.69 Å². The maximum Gasteiger partial charge on any atom is 0.416 e. The van der Waals surface area contributed by atoms with Crippen molar-refractivity contribution in [2.45, 2.75) is 39.4 Å². The van der Waals surface area contributed by atoms with Gasteiger partial charge in [-0.05, 0) is 54.3 Å². The van der Waals surface area contributed by atoms with E-state index in [2.05, 4.69) is 4.98 Å². The van der Waals surface area contributed by atoms with Crippen LogP contribution in [0.25, 0.3) is 10.9 Å². The number of aromatic nitrogens is 2. The normalized spacial score (nSPS) is 11.9. The van der Waals surface area contributed by atoms with Crippen molar-refractivity contribution in [3.63, 3.8) is 0 Å². The predicted molar refractivity (Wildman–Crippen MR) is 96.0 cm³/mol. The molecule has 2 aromatic heterocycles. The molecule has 27 heavy (non-hydrogen) atoms. The van der Waals surface area contributed by atoms with Crippen LogP contribution in [0.5, 0.6) is 0 Å². The predicted octanol–water partition coefficient (Wildman–Crippen LogP) is 4.93. The standard InChI is InChI=1S/C20H19F3N2O2/c1-3-13-10-14(20(21,22)23)11-16-17(13)15(9-12-5-7-24-8-6-12)18(19(26)27)25(16)4-2/h5-8,10-11H,3-4,9H2,1-2H3,(H,26,27). The summed E-state index contributed by atoms with van der Waals surface area (Å²) in [5.74, 6) is -1.15. The van der Waals surface area contributed by atoms with Crippen LogP contribution in [0.1, 0.15) is 46.6 Å². The second-order valence-electron chi connectivity index (χ2n) is 6.29. The molecule has 0 radical (unpaired) electrons. The lowest BCUT2D eigenvalue weighted by Crippen LogP contribution is -2.10. The average molecular weight is 376 g/mol. The van der Waals surface area contributed by atoms with E-state index in [0.717, 1.165) is 17.7 Å². The van der Waals surface area contributed by atoms with Crippen LogP contribution in [0, 0.1) is 0 Å². The van der Waals surface area contributed by atoms with E-state index in [1.807, 2.05) is 0 Å². The molecule has 0 spiro atoms. The number of aromatic carboxylic acids is 1. The molecule has 0 aliphatic carbocycles. The highest BCUT2D eigenvalue weighted by Gasteiger charge is 2.33. The highest BCUT2D eigenvalue weighted by Crippen LogP contribution is 2.37. The van der Waals surface area contributed by atoms with Gasteiger partial charge in [-0.15, -0.1) is 0 Å². The molecule has 0 fully saturated rings.